The second-order valence-corrected chi connectivity index (χ2v) is 4.62. The predicted molar refractivity (Wildman–Crippen MR) is 72.5 cm³/mol. The van der Waals surface area contributed by atoms with Gasteiger partial charge in [-0.3, -0.25) is 4.99 Å². The van der Waals surface area contributed by atoms with Gasteiger partial charge in [0.05, 0.1) is 6.04 Å². The molecule has 1 N–H and O–H groups in total. The van der Waals surface area contributed by atoms with Crippen molar-refractivity contribution in [1.29, 1.82) is 0 Å². The third-order valence-electron chi connectivity index (χ3n) is 3.12. The highest BCUT2D eigenvalue weighted by molar-refractivity contribution is 6.40. The monoisotopic (exact) mass is 314 g/mol. The van der Waals surface area contributed by atoms with Gasteiger partial charge in [-0.15, -0.1) is 13.2 Å². The van der Waals surface area contributed by atoms with Crippen LogP contribution in [0.4, 0.5) is 13.2 Å². The van der Waals surface area contributed by atoms with E-state index >= 15 is 0 Å². The predicted octanol–water partition coefficient (Wildman–Crippen LogP) is 2.96. The van der Waals surface area contributed by atoms with Crippen molar-refractivity contribution in [2.24, 2.45) is 4.99 Å². The van der Waals surface area contributed by atoms with Crippen LogP contribution in [0.5, 0.6) is 5.75 Å². The van der Waals surface area contributed by atoms with E-state index in [9.17, 15) is 18.0 Å². The van der Waals surface area contributed by atoms with E-state index < -0.39 is 12.3 Å². The minimum absolute atomic E-state index is 0.0578. The van der Waals surface area contributed by atoms with Crippen molar-refractivity contribution in [3.8, 4) is 5.75 Å². The largest absolute Gasteiger partial charge is 0.573 e. The fraction of sp³-hybridized carbons (Fsp3) is 0.286. The number of ether oxygens (including phenoxy) is 1. The molecule has 0 radical (unpaired) electrons. The molecule has 1 aliphatic heterocycles. The maximum atomic E-state index is 12.2. The number of hydrogen-bond donors (Lipinski definition) is 1. The number of benzene rings is 1. The molecule has 0 fully saturated rings. The molecule has 0 saturated carbocycles. The normalized spacial score (nSPS) is 16.2. The molecule has 1 aromatic carbocycles. The van der Waals surface area contributed by atoms with Crippen LogP contribution >= 0.6 is 0 Å². The molecule has 0 bridgehead atoms. The Morgan fingerprint density at radius 3 is 2.73 bits per heavy atom. The van der Waals surface area contributed by atoms with Crippen molar-refractivity contribution in [3.05, 3.63) is 42.1 Å². The van der Waals surface area contributed by atoms with Gasteiger partial charge in [-0.05, 0) is 30.7 Å². The number of halogens is 3. The number of carbonyl (C=O) groups is 1. The van der Waals surface area contributed by atoms with Crippen LogP contribution in [0.2, 0.25) is 0 Å². The van der Waals surface area contributed by atoms with Gasteiger partial charge in [-0.25, -0.2) is 4.79 Å². The summed E-state index contributed by atoms with van der Waals surface area (Å²) in [6, 6.07) is 5.36. The number of hydrogen-bond acceptors (Lipinski definition) is 4. The smallest absolute Gasteiger partial charge is 0.477 e. The third kappa shape index (κ3) is 4.00. The summed E-state index contributed by atoms with van der Waals surface area (Å²) >= 11 is 0. The number of alkyl halides is 3. The second kappa shape index (κ2) is 6.08. The fourth-order valence-corrected chi connectivity index (χ4v) is 1.98. The number of carboxylic acids is 1. The zero-order valence-electron chi connectivity index (χ0n) is 11.5. The average molecular weight is 314 g/mol. The van der Waals surface area contributed by atoms with Crippen molar-refractivity contribution in [1.82, 2.24) is 4.90 Å². The summed E-state index contributed by atoms with van der Waals surface area (Å²) in [4.78, 5) is 16.3. The van der Waals surface area contributed by atoms with E-state index in [0.29, 0.717) is 5.56 Å². The summed E-state index contributed by atoms with van der Waals surface area (Å²) < 4.78 is 40.6. The third-order valence-corrected chi connectivity index (χ3v) is 3.12. The first-order valence-electron chi connectivity index (χ1n) is 6.33. The molecule has 22 heavy (non-hydrogen) atoms. The molecular weight excluding hydrogens is 301 g/mol. The Kier molecular flexibility index (Phi) is 4.39. The van der Waals surface area contributed by atoms with Crippen molar-refractivity contribution in [2.75, 3.05) is 6.67 Å². The Hall–Kier alpha value is -2.51. The lowest BCUT2D eigenvalue weighted by molar-refractivity contribution is -0.274. The molecule has 1 aromatic rings. The molecule has 8 heteroatoms. The van der Waals surface area contributed by atoms with Crippen LogP contribution in [-0.2, 0) is 4.79 Å². The lowest BCUT2D eigenvalue weighted by Crippen LogP contribution is -2.27. The van der Waals surface area contributed by atoms with Crippen LogP contribution in [0.1, 0.15) is 18.5 Å². The molecule has 2 rings (SSSR count). The van der Waals surface area contributed by atoms with E-state index in [-0.39, 0.29) is 24.2 Å². The molecule has 1 heterocycles. The zero-order valence-corrected chi connectivity index (χ0v) is 11.5. The minimum Gasteiger partial charge on any atom is -0.477 e. The molecule has 1 aliphatic rings. The Morgan fingerprint density at radius 2 is 2.18 bits per heavy atom. The minimum atomic E-state index is -4.74. The van der Waals surface area contributed by atoms with Gasteiger partial charge >= 0.3 is 12.3 Å². The van der Waals surface area contributed by atoms with E-state index in [1.807, 2.05) is 0 Å². The van der Waals surface area contributed by atoms with Gasteiger partial charge in [0, 0.05) is 6.20 Å². The Bertz CT molecular complexity index is 626. The van der Waals surface area contributed by atoms with Crippen molar-refractivity contribution in [3.63, 3.8) is 0 Å². The molecule has 0 amide bonds. The van der Waals surface area contributed by atoms with E-state index in [0.717, 1.165) is 0 Å². The quantitative estimate of drug-likeness (QED) is 0.928. The number of nitrogens with zero attached hydrogens (tertiary/aromatic N) is 2. The van der Waals surface area contributed by atoms with Crippen molar-refractivity contribution < 1.29 is 27.8 Å². The number of aliphatic imine (C=N–C) groups is 1. The van der Waals surface area contributed by atoms with Crippen LogP contribution in [-0.4, -0.2) is 34.7 Å². The molecule has 0 saturated heterocycles. The molecular formula is C14H13F3N2O3. The maximum absolute atomic E-state index is 12.2. The lowest BCUT2D eigenvalue weighted by atomic mass is 10.1. The van der Waals surface area contributed by atoms with Crippen LogP contribution in [0, 0.1) is 0 Å². The average Bonchev–Trinajstić information content (AvgIpc) is 2.45. The van der Waals surface area contributed by atoms with Gasteiger partial charge in [-0.1, -0.05) is 12.1 Å². The van der Waals surface area contributed by atoms with E-state index in [4.69, 9.17) is 5.11 Å². The maximum Gasteiger partial charge on any atom is 0.573 e. The van der Waals surface area contributed by atoms with Gasteiger partial charge in [0.1, 0.15) is 18.1 Å². The van der Waals surface area contributed by atoms with E-state index in [1.54, 1.807) is 24.1 Å². The highest BCUT2D eigenvalue weighted by atomic mass is 19.4. The molecule has 118 valence electrons. The molecule has 1 unspecified atom stereocenters. The fourth-order valence-electron chi connectivity index (χ4n) is 1.98. The van der Waals surface area contributed by atoms with Crippen molar-refractivity contribution in [2.45, 2.75) is 19.3 Å². The Labute approximate surface area is 124 Å². The summed E-state index contributed by atoms with van der Waals surface area (Å²) in [6.45, 7) is 1.89. The highest BCUT2D eigenvalue weighted by Gasteiger charge is 2.31. The van der Waals surface area contributed by atoms with Gasteiger partial charge in [0.15, 0.2) is 0 Å². The second-order valence-electron chi connectivity index (χ2n) is 4.62. The van der Waals surface area contributed by atoms with Gasteiger partial charge < -0.3 is 14.7 Å². The first kappa shape index (κ1) is 15.9. The van der Waals surface area contributed by atoms with E-state index in [1.165, 1.54) is 24.3 Å². The Balaban J connectivity index is 2.11. The summed E-state index contributed by atoms with van der Waals surface area (Å²) in [5, 5.41) is 8.80. The van der Waals surface area contributed by atoms with Gasteiger partial charge in [0.25, 0.3) is 0 Å². The van der Waals surface area contributed by atoms with Crippen LogP contribution in [0.25, 0.3) is 0 Å². The number of rotatable bonds is 4. The lowest BCUT2D eigenvalue weighted by Gasteiger charge is -2.28. The van der Waals surface area contributed by atoms with E-state index in [2.05, 4.69) is 9.73 Å². The number of aliphatic carboxylic acids is 1. The SMILES string of the molecule is CC(c1cccc(OC(F)(F)F)c1)N1C=CC(C(=O)O)=NC1. The molecule has 0 aliphatic carbocycles. The van der Waals surface area contributed by atoms with Gasteiger partial charge in [0.2, 0.25) is 0 Å². The molecule has 1 atom stereocenters. The molecule has 0 aromatic heterocycles. The van der Waals surface area contributed by atoms with Crippen LogP contribution < -0.4 is 4.74 Å². The van der Waals surface area contributed by atoms with Crippen LogP contribution in [0.15, 0.2) is 41.5 Å². The summed E-state index contributed by atoms with van der Waals surface area (Å²) in [7, 11) is 0. The molecule has 0 spiro atoms. The summed E-state index contributed by atoms with van der Waals surface area (Å²) in [5.74, 6) is -1.42. The van der Waals surface area contributed by atoms with Gasteiger partial charge in [-0.2, -0.15) is 0 Å². The highest BCUT2D eigenvalue weighted by Crippen LogP contribution is 2.28. The summed E-state index contributed by atoms with van der Waals surface area (Å²) in [5.41, 5.74) is 0.540. The first-order chi connectivity index (χ1) is 10.3. The number of carboxylic acid groups (broad SMARTS) is 1. The van der Waals surface area contributed by atoms with Crippen molar-refractivity contribution >= 4 is 11.7 Å². The van der Waals surface area contributed by atoms with Crippen LogP contribution in [0.3, 0.4) is 0 Å². The summed E-state index contributed by atoms with van der Waals surface area (Å²) in [6.07, 6.45) is -1.84. The zero-order chi connectivity index (χ0) is 16.3. The molecule has 5 nitrogen and oxygen atoms in total. The first-order valence-corrected chi connectivity index (χ1v) is 6.33. The standard InChI is InChI=1S/C14H13F3N2O3/c1-9(19-6-5-12(13(20)21)18-8-19)10-3-2-4-11(7-10)22-14(15,16)17/h2-7,9H,8H2,1H3,(H,20,21). The topological polar surface area (TPSA) is 62.1 Å². The Morgan fingerprint density at radius 1 is 1.45 bits per heavy atom.